The van der Waals surface area contributed by atoms with Crippen molar-refractivity contribution in [1.29, 1.82) is 0 Å². The predicted molar refractivity (Wildman–Crippen MR) is 52.2 cm³/mol. The Balaban J connectivity index is 0.00000121. The Morgan fingerprint density at radius 2 is 2.00 bits per heavy atom. The molecular weight excluding hydrogens is 220 g/mol. The fraction of sp³-hybridized carbons (Fsp3) is 0.222. The molecule has 66 valence electrons. The first-order chi connectivity index (χ1) is 5.20. The molecule has 0 amide bonds. The lowest BCUT2D eigenvalue weighted by molar-refractivity contribution is -0.136. The summed E-state index contributed by atoms with van der Waals surface area (Å²) in [5.41, 5.74) is 0.806. The van der Waals surface area contributed by atoms with Crippen LogP contribution in [-0.4, -0.2) is 11.1 Å². The second-order valence-corrected chi connectivity index (χ2v) is 3.02. The minimum absolute atomic E-state index is 0. The maximum Gasteiger partial charge on any atom is 0.307 e. The summed E-state index contributed by atoms with van der Waals surface area (Å²) in [6.07, 6.45) is 0.0709. The monoisotopic (exact) mass is 230 g/mol. The van der Waals surface area contributed by atoms with Crippen LogP contribution in [0.1, 0.15) is 13.0 Å². The van der Waals surface area contributed by atoms with E-state index in [0.29, 0.717) is 0 Å². The van der Waals surface area contributed by atoms with Crippen LogP contribution in [0, 0.1) is 0 Å². The first-order valence-corrected chi connectivity index (χ1v) is 3.94. The topological polar surface area (TPSA) is 37.3 Å². The lowest BCUT2D eigenvalue weighted by Crippen LogP contribution is -2.00. The van der Waals surface area contributed by atoms with Crippen molar-refractivity contribution in [2.45, 2.75) is 13.8 Å². The van der Waals surface area contributed by atoms with Gasteiger partial charge in [-0.05, 0) is 11.6 Å². The summed E-state index contributed by atoms with van der Waals surface area (Å²) in [5.74, 6) is -0.808. The van der Waals surface area contributed by atoms with Crippen LogP contribution >= 0.6 is 15.9 Å². The number of benzene rings is 1. The Kier molecular flexibility index (Phi) is 4.59. The molecule has 1 rings (SSSR count). The average Bonchev–Trinajstić information content (AvgIpc) is 1.93. The van der Waals surface area contributed by atoms with Crippen molar-refractivity contribution in [3.63, 3.8) is 0 Å². The number of rotatable bonds is 2. The van der Waals surface area contributed by atoms with Crippen LogP contribution in [0.3, 0.4) is 0 Å². The van der Waals surface area contributed by atoms with Gasteiger partial charge in [0.25, 0.3) is 0 Å². The quantitative estimate of drug-likeness (QED) is 0.849. The van der Waals surface area contributed by atoms with Crippen molar-refractivity contribution >= 4 is 21.9 Å². The summed E-state index contributed by atoms with van der Waals surface area (Å²) < 4.78 is 0.849. The van der Waals surface area contributed by atoms with Gasteiger partial charge in [0.15, 0.2) is 0 Å². The smallest absolute Gasteiger partial charge is 0.307 e. The van der Waals surface area contributed by atoms with Gasteiger partial charge in [0, 0.05) is 4.47 Å². The van der Waals surface area contributed by atoms with Crippen LogP contribution in [0.4, 0.5) is 0 Å². The SMILES string of the molecule is C.O=C(O)Cc1ccccc1Br. The molecule has 1 aromatic rings. The van der Waals surface area contributed by atoms with Gasteiger partial charge in [0.05, 0.1) is 6.42 Å². The third-order valence-corrected chi connectivity index (χ3v) is 2.07. The molecule has 3 heteroatoms. The molecule has 0 aliphatic carbocycles. The highest BCUT2D eigenvalue weighted by Crippen LogP contribution is 2.15. The van der Waals surface area contributed by atoms with Crippen molar-refractivity contribution in [2.75, 3.05) is 0 Å². The Labute approximate surface area is 80.4 Å². The van der Waals surface area contributed by atoms with Gasteiger partial charge >= 0.3 is 5.97 Å². The largest absolute Gasteiger partial charge is 0.481 e. The average molecular weight is 231 g/mol. The summed E-state index contributed by atoms with van der Waals surface area (Å²) in [6, 6.07) is 7.30. The van der Waals surface area contributed by atoms with Crippen LogP contribution in [0.2, 0.25) is 0 Å². The number of hydrogen-bond acceptors (Lipinski definition) is 1. The Morgan fingerprint density at radius 1 is 1.42 bits per heavy atom. The third-order valence-electron chi connectivity index (χ3n) is 1.30. The number of aliphatic carboxylic acids is 1. The predicted octanol–water partition coefficient (Wildman–Crippen LogP) is 2.71. The van der Waals surface area contributed by atoms with Gasteiger partial charge in [0.1, 0.15) is 0 Å². The Morgan fingerprint density at radius 3 is 2.50 bits per heavy atom. The summed E-state index contributed by atoms with van der Waals surface area (Å²) in [7, 11) is 0. The minimum atomic E-state index is -0.808. The maximum absolute atomic E-state index is 10.3. The van der Waals surface area contributed by atoms with Gasteiger partial charge in [-0.15, -0.1) is 0 Å². The van der Waals surface area contributed by atoms with Crippen LogP contribution in [0.25, 0.3) is 0 Å². The normalized spacial score (nSPS) is 8.75. The van der Waals surface area contributed by atoms with Crippen molar-refractivity contribution in [2.24, 2.45) is 0 Å². The molecule has 0 saturated carbocycles. The van der Waals surface area contributed by atoms with Gasteiger partial charge in [0.2, 0.25) is 0 Å². The lowest BCUT2D eigenvalue weighted by atomic mass is 10.2. The van der Waals surface area contributed by atoms with Crippen molar-refractivity contribution < 1.29 is 9.90 Å². The van der Waals surface area contributed by atoms with E-state index in [0.717, 1.165) is 10.0 Å². The molecule has 0 unspecified atom stereocenters. The van der Waals surface area contributed by atoms with Crippen molar-refractivity contribution in [3.8, 4) is 0 Å². The Bertz CT molecular complexity index is 271. The molecule has 2 nitrogen and oxygen atoms in total. The molecule has 0 spiro atoms. The third kappa shape index (κ3) is 3.05. The molecule has 0 heterocycles. The summed E-state index contributed by atoms with van der Waals surface area (Å²) >= 11 is 3.26. The van der Waals surface area contributed by atoms with E-state index in [1.807, 2.05) is 18.2 Å². The molecule has 12 heavy (non-hydrogen) atoms. The van der Waals surface area contributed by atoms with E-state index in [-0.39, 0.29) is 13.8 Å². The van der Waals surface area contributed by atoms with E-state index < -0.39 is 5.97 Å². The lowest BCUT2D eigenvalue weighted by Gasteiger charge is -1.98. The van der Waals surface area contributed by atoms with E-state index in [1.54, 1.807) is 6.07 Å². The highest BCUT2D eigenvalue weighted by Gasteiger charge is 2.02. The van der Waals surface area contributed by atoms with Crippen LogP contribution in [0.5, 0.6) is 0 Å². The molecule has 0 fully saturated rings. The molecule has 1 aromatic carbocycles. The zero-order valence-electron chi connectivity index (χ0n) is 5.75. The molecule has 0 saturated heterocycles. The number of carboxylic acids is 1. The fourth-order valence-corrected chi connectivity index (χ4v) is 1.23. The van der Waals surface area contributed by atoms with Crippen LogP contribution in [-0.2, 0) is 11.2 Å². The van der Waals surface area contributed by atoms with Gasteiger partial charge in [-0.1, -0.05) is 41.6 Å². The number of carboxylic acid groups (broad SMARTS) is 1. The maximum atomic E-state index is 10.3. The van der Waals surface area contributed by atoms with Gasteiger partial charge in [-0.2, -0.15) is 0 Å². The molecule has 0 bridgehead atoms. The number of hydrogen-bond donors (Lipinski definition) is 1. The van der Waals surface area contributed by atoms with E-state index in [9.17, 15) is 4.79 Å². The van der Waals surface area contributed by atoms with E-state index in [2.05, 4.69) is 15.9 Å². The molecule has 0 aliphatic heterocycles. The van der Waals surface area contributed by atoms with Gasteiger partial charge < -0.3 is 5.11 Å². The number of carbonyl (C=O) groups is 1. The van der Waals surface area contributed by atoms with Gasteiger partial charge in [-0.3, -0.25) is 4.79 Å². The molecule has 0 radical (unpaired) electrons. The second-order valence-electron chi connectivity index (χ2n) is 2.16. The minimum Gasteiger partial charge on any atom is -0.481 e. The van der Waals surface area contributed by atoms with Crippen molar-refractivity contribution in [1.82, 2.24) is 0 Å². The molecule has 1 N–H and O–H groups in total. The zero-order chi connectivity index (χ0) is 8.27. The van der Waals surface area contributed by atoms with E-state index >= 15 is 0 Å². The summed E-state index contributed by atoms with van der Waals surface area (Å²) in [6.45, 7) is 0. The van der Waals surface area contributed by atoms with Gasteiger partial charge in [-0.25, -0.2) is 0 Å². The fourth-order valence-electron chi connectivity index (χ4n) is 0.805. The van der Waals surface area contributed by atoms with Crippen LogP contribution in [0.15, 0.2) is 28.7 Å². The Hall–Kier alpha value is -0.830. The van der Waals surface area contributed by atoms with E-state index in [1.165, 1.54) is 0 Å². The standard InChI is InChI=1S/C8H7BrO2.CH4/c9-7-4-2-1-3-6(7)5-8(10)11;/h1-4H,5H2,(H,10,11);1H4. The van der Waals surface area contributed by atoms with E-state index in [4.69, 9.17) is 5.11 Å². The van der Waals surface area contributed by atoms with Crippen molar-refractivity contribution in [3.05, 3.63) is 34.3 Å². The number of halogens is 1. The molecule has 0 atom stereocenters. The highest BCUT2D eigenvalue weighted by molar-refractivity contribution is 9.10. The van der Waals surface area contributed by atoms with Crippen LogP contribution < -0.4 is 0 Å². The second kappa shape index (κ2) is 4.93. The first-order valence-electron chi connectivity index (χ1n) is 3.15. The molecule has 0 aliphatic rings. The molecular formula is C9H11BrO2. The highest BCUT2D eigenvalue weighted by atomic mass is 79.9. The molecule has 0 aromatic heterocycles. The zero-order valence-corrected chi connectivity index (χ0v) is 7.34. The summed E-state index contributed by atoms with van der Waals surface area (Å²) in [4.78, 5) is 10.3. The summed E-state index contributed by atoms with van der Waals surface area (Å²) in [5, 5.41) is 8.47. The first kappa shape index (κ1) is 11.2.